The molecular weight excluding hydrogens is 276 g/mol. The molecule has 0 saturated heterocycles. The maximum absolute atomic E-state index is 12.0. The van der Waals surface area contributed by atoms with Crippen LogP contribution < -0.4 is 10.0 Å². The summed E-state index contributed by atoms with van der Waals surface area (Å²) in [7, 11) is -3.53. The predicted molar refractivity (Wildman–Crippen MR) is 79.0 cm³/mol. The van der Waals surface area contributed by atoms with E-state index >= 15 is 0 Å². The Hall–Kier alpha value is -1.66. The SMILES string of the molecule is C=CCNC(=O)c1ccc(S(=O)(=O)N[C@H](C)CC)cc1. The van der Waals surface area contributed by atoms with Gasteiger partial charge >= 0.3 is 0 Å². The van der Waals surface area contributed by atoms with Crippen molar-refractivity contribution in [2.75, 3.05) is 6.54 Å². The number of rotatable bonds is 7. The minimum atomic E-state index is -3.53. The van der Waals surface area contributed by atoms with Crippen molar-refractivity contribution in [2.24, 2.45) is 0 Å². The van der Waals surface area contributed by atoms with Gasteiger partial charge in [-0.2, -0.15) is 0 Å². The number of amides is 1. The van der Waals surface area contributed by atoms with E-state index in [2.05, 4.69) is 16.6 Å². The van der Waals surface area contributed by atoms with Crippen molar-refractivity contribution < 1.29 is 13.2 Å². The summed E-state index contributed by atoms with van der Waals surface area (Å²) in [5, 5.41) is 2.63. The average molecular weight is 296 g/mol. The van der Waals surface area contributed by atoms with Crippen LogP contribution in [0, 0.1) is 0 Å². The molecule has 20 heavy (non-hydrogen) atoms. The third-order valence-corrected chi connectivity index (χ3v) is 4.41. The Labute approximate surface area is 120 Å². The van der Waals surface area contributed by atoms with Crippen molar-refractivity contribution in [3.8, 4) is 0 Å². The standard InChI is InChI=1S/C14H20N2O3S/c1-4-10-15-14(17)12-6-8-13(9-7-12)20(18,19)16-11(3)5-2/h4,6-9,11,16H,1,5,10H2,2-3H3,(H,15,17)/t11-/m1/s1. The highest BCUT2D eigenvalue weighted by Gasteiger charge is 2.16. The first kappa shape index (κ1) is 16.4. The van der Waals surface area contributed by atoms with Gasteiger partial charge in [-0.1, -0.05) is 13.0 Å². The van der Waals surface area contributed by atoms with Crippen LogP contribution in [0.1, 0.15) is 30.6 Å². The molecule has 110 valence electrons. The van der Waals surface area contributed by atoms with Gasteiger partial charge in [0.1, 0.15) is 0 Å². The van der Waals surface area contributed by atoms with E-state index in [1.165, 1.54) is 24.3 Å². The number of sulfonamides is 1. The fourth-order valence-electron chi connectivity index (χ4n) is 1.47. The molecule has 0 aliphatic rings. The molecule has 5 nitrogen and oxygen atoms in total. The Balaban J connectivity index is 2.85. The second kappa shape index (κ2) is 7.21. The van der Waals surface area contributed by atoms with E-state index < -0.39 is 10.0 Å². The lowest BCUT2D eigenvalue weighted by Crippen LogP contribution is -2.32. The Kier molecular flexibility index (Phi) is 5.91. The second-order valence-electron chi connectivity index (χ2n) is 4.45. The summed E-state index contributed by atoms with van der Waals surface area (Å²) >= 11 is 0. The van der Waals surface area contributed by atoms with Crippen LogP contribution in [0.25, 0.3) is 0 Å². The van der Waals surface area contributed by atoms with Gasteiger partial charge in [-0.05, 0) is 37.6 Å². The molecule has 1 atom stereocenters. The van der Waals surface area contributed by atoms with E-state index in [0.29, 0.717) is 18.5 Å². The third-order valence-electron chi connectivity index (χ3n) is 2.80. The van der Waals surface area contributed by atoms with E-state index in [-0.39, 0.29) is 16.8 Å². The Morgan fingerprint density at radius 2 is 1.95 bits per heavy atom. The number of hydrogen-bond acceptors (Lipinski definition) is 3. The van der Waals surface area contributed by atoms with Crippen LogP contribution >= 0.6 is 0 Å². The van der Waals surface area contributed by atoms with Crippen LogP contribution in [0.5, 0.6) is 0 Å². The largest absolute Gasteiger partial charge is 0.349 e. The molecule has 1 aromatic carbocycles. The van der Waals surface area contributed by atoms with Crippen molar-refractivity contribution >= 4 is 15.9 Å². The van der Waals surface area contributed by atoms with Gasteiger partial charge in [0.25, 0.3) is 5.91 Å². The van der Waals surface area contributed by atoms with Crippen LogP contribution in [0.3, 0.4) is 0 Å². The van der Waals surface area contributed by atoms with Crippen molar-refractivity contribution in [1.82, 2.24) is 10.0 Å². The zero-order valence-electron chi connectivity index (χ0n) is 11.7. The summed E-state index contributed by atoms with van der Waals surface area (Å²) < 4.78 is 26.6. The van der Waals surface area contributed by atoms with Gasteiger partial charge in [0, 0.05) is 18.2 Å². The normalized spacial score (nSPS) is 12.7. The highest BCUT2D eigenvalue weighted by molar-refractivity contribution is 7.89. The Morgan fingerprint density at radius 3 is 2.45 bits per heavy atom. The molecule has 1 amide bonds. The second-order valence-corrected chi connectivity index (χ2v) is 6.17. The highest BCUT2D eigenvalue weighted by Crippen LogP contribution is 2.11. The van der Waals surface area contributed by atoms with E-state index in [1.807, 2.05) is 6.92 Å². The first-order chi connectivity index (χ1) is 9.40. The number of hydrogen-bond donors (Lipinski definition) is 2. The third kappa shape index (κ3) is 4.47. The number of carbonyl (C=O) groups excluding carboxylic acids is 1. The first-order valence-electron chi connectivity index (χ1n) is 6.42. The van der Waals surface area contributed by atoms with E-state index in [0.717, 1.165) is 0 Å². The molecule has 0 heterocycles. The summed E-state index contributed by atoms with van der Waals surface area (Å²) in [6.45, 7) is 7.58. The number of benzene rings is 1. The monoisotopic (exact) mass is 296 g/mol. The van der Waals surface area contributed by atoms with Gasteiger partial charge in [-0.25, -0.2) is 13.1 Å². The molecule has 0 fully saturated rings. The fourth-order valence-corrected chi connectivity index (χ4v) is 2.80. The maximum Gasteiger partial charge on any atom is 0.251 e. The van der Waals surface area contributed by atoms with Crippen LogP contribution in [-0.2, 0) is 10.0 Å². The molecule has 0 aliphatic carbocycles. The lowest BCUT2D eigenvalue weighted by molar-refractivity contribution is 0.0958. The summed E-state index contributed by atoms with van der Waals surface area (Å²) in [6.07, 6.45) is 2.29. The van der Waals surface area contributed by atoms with Crippen LogP contribution in [0.4, 0.5) is 0 Å². The lowest BCUT2D eigenvalue weighted by atomic mass is 10.2. The molecule has 0 aliphatic heterocycles. The number of nitrogens with one attached hydrogen (secondary N) is 2. The molecule has 1 rings (SSSR count). The van der Waals surface area contributed by atoms with Crippen molar-refractivity contribution in [3.63, 3.8) is 0 Å². The molecule has 0 saturated carbocycles. The lowest BCUT2D eigenvalue weighted by Gasteiger charge is -2.12. The van der Waals surface area contributed by atoms with Crippen molar-refractivity contribution in [1.29, 1.82) is 0 Å². The summed E-state index contributed by atoms with van der Waals surface area (Å²) in [6, 6.07) is 5.70. The van der Waals surface area contributed by atoms with Gasteiger partial charge in [-0.15, -0.1) is 6.58 Å². The molecule has 2 N–H and O–H groups in total. The molecule has 0 spiro atoms. The molecular formula is C14H20N2O3S. The highest BCUT2D eigenvalue weighted by atomic mass is 32.2. The zero-order valence-corrected chi connectivity index (χ0v) is 12.5. The van der Waals surface area contributed by atoms with Gasteiger partial charge < -0.3 is 5.32 Å². The molecule has 0 aromatic heterocycles. The average Bonchev–Trinajstić information content (AvgIpc) is 2.44. The van der Waals surface area contributed by atoms with Gasteiger partial charge in [0.15, 0.2) is 0 Å². The van der Waals surface area contributed by atoms with Crippen LogP contribution in [0.15, 0.2) is 41.8 Å². The fraction of sp³-hybridized carbons (Fsp3) is 0.357. The van der Waals surface area contributed by atoms with Crippen LogP contribution in [-0.4, -0.2) is 26.9 Å². The summed E-state index contributed by atoms with van der Waals surface area (Å²) in [4.78, 5) is 11.8. The summed E-state index contributed by atoms with van der Waals surface area (Å²) in [5.74, 6) is -0.260. The molecule has 0 unspecified atom stereocenters. The van der Waals surface area contributed by atoms with E-state index in [9.17, 15) is 13.2 Å². The maximum atomic E-state index is 12.0. The number of carbonyl (C=O) groups is 1. The molecule has 0 radical (unpaired) electrons. The van der Waals surface area contributed by atoms with Gasteiger partial charge in [0.05, 0.1) is 4.90 Å². The smallest absolute Gasteiger partial charge is 0.251 e. The predicted octanol–water partition coefficient (Wildman–Crippen LogP) is 1.68. The van der Waals surface area contributed by atoms with Crippen LogP contribution in [0.2, 0.25) is 0 Å². The summed E-state index contributed by atoms with van der Waals surface area (Å²) in [5.41, 5.74) is 0.411. The molecule has 0 bridgehead atoms. The van der Waals surface area contributed by atoms with Gasteiger partial charge in [-0.3, -0.25) is 4.79 Å². The zero-order chi connectivity index (χ0) is 15.2. The molecule has 6 heteroatoms. The molecule has 1 aromatic rings. The van der Waals surface area contributed by atoms with E-state index in [4.69, 9.17) is 0 Å². The van der Waals surface area contributed by atoms with Crippen molar-refractivity contribution in [2.45, 2.75) is 31.2 Å². The van der Waals surface area contributed by atoms with Crippen molar-refractivity contribution in [3.05, 3.63) is 42.5 Å². The minimum absolute atomic E-state index is 0.129. The Bertz CT molecular complexity index is 565. The Morgan fingerprint density at radius 1 is 1.35 bits per heavy atom. The first-order valence-corrected chi connectivity index (χ1v) is 7.90. The van der Waals surface area contributed by atoms with Gasteiger partial charge in [0.2, 0.25) is 10.0 Å². The quantitative estimate of drug-likeness (QED) is 0.752. The topological polar surface area (TPSA) is 75.3 Å². The van der Waals surface area contributed by atoms with E-state index in [1.54, 1.807) is 13.0 Å². The minimum Gasteiger partial charge on any atom is -0.349 e.